The maximum atomic E-state index is 12.3. The first-order valence-corrected chi connectivity index (χ1v) is 10.4. The molecule has 1 aliphatic heterocycles. The average Bonchev–Trinajstić information content (AvgIpc) is 2.73. The summed E-state index contributed by atoms with van der Waals surface area (Å²) in [6, 6.07) is 17.6. The van der Waals surface area contributed by atoms with Crippen LogP contribution in [0.15, 0.2) is 54.6 Å². The van der Waals surface area contributed by atoms with Crippen molar-refractivity contribution in [2.75, 3.05) is 39.8 Å². The monoisotopic (exact) mass is 400 g/mol. The molecule has 28 heavy (non-hydrogen) atoms. The summed E-state index contributed by atoms with van der Waals surface area (Å²) in [6.45, 7) is 4.18. The van der Waals surface area contributed by atoms with Crippen molar-refractivity contribution in [3.63, 3.8) is 0 Å². The zero-order valence-electron chi connectivity index (χ0n) is 16.5. The lowest BCUT2D eigenvalue weighted by atomic mass is 9.96. The summed E-state index contributed by atoms with van der Waals surface area (Å²) in [4.78, 5) is 16.7. The fourth-order valence-electron chi connectivity index (χ4n) is 3.59. The second kappa shape index (κ2) is 10.5. The number of carbonyl (C=O) groups is 1. The Morgan fingerprint density at radius 1 is 1.11 bits per heavy atom. The number of benzene rings is 2. The van der Waals surface area contributed by atoms with E-state index in [9.17, 15) is 4.79 Å². The quantitative estimate of drug-likeness (QED) is 0.667. The van der Waals surface area contributed by atoms with Crippen LogP contribution in [0.5, 0.6) is 5.75 Å². The molecule has 4 nitrogen and oxygen atoms in total. The molecule has 0 N–H and O–H groups in total. The lowest BCUT2D eigenvalue weighted by molar-refractivity contribution is -0.132. The first-order chi connectivity index (χ1) is 13.6. The van der Waals surface area contributed by atoms with Crippen molar-refractivity contribution in [2.45, 2.75) is 19.3 Å². The molecular weight excluding hydrogens is 372 g/mol. The number of likely N-dealkylation sites (tertiary alicyclic amines) is 1. The van der Waals surface area contributed by atoms with Gasteiger partial charge in [-0.3, -0.25) is 4.79 Å². The highest BCUT2D eigenvalue weighted by atomic mass is 35.5. The van der Waals surface area contributed by atoms with Gasteiger partial charge in [-0.1, -0.05) is 41.9 Å². The Balaban J connectivity index is 1.34. The molecule has 1 fully saturated rings. The number of rotatable bonds is 8. The van der Waals surface area contributed by atoms with Gasteiger partial charge < -0.3 is 14.5 Å². The molecule has 0 spiro atoms. The van der Waals surface area contributed by atoms with Gasteiger partial charge in [0.2, 0.25) is 0 Å². The molecule has 0 aliphatic carbocycles. The molecule has 0 unspecified atom stereocenters. The minimum absolute atomic E-state index is 0.0361. The smallest absolute Gasteiger partial charge is 0.260 e. The molecule has 0 saturated carbocycles. The lowest BCUT2D eigenvalue weighted by Gasteiger charge is -2.34. The summed E-state index contributed by atoms with van der Waals surface area (Å²) in [7, 11) is 1.88. The number of hydrogen-bond acceptors (Lipinski definition) is 3. The summed E-state index contributed by atoms with van der Waals surface area (Å²) in [5.74, 6) is 1.34. The topological polar surface area (TPSA) is 32.8 Å². The summed E-state index contributed by atoms with van der Waals surface area (Å²) < 4.78 is 5.57. The Morgan fingerprint density at radius 3 is 2.46 bits per heavy atom. The van der Waals surface area contributed by atoms with Gasteiger partial charge in [-0.2, -0.15) is 0 Å². The van der Waals surface area contributed by atoms with Gasteiger partial charge in [0.1, 0.15) is 5.75 Å². The van der Waals surface area contributed by atoms with Crippen LogP contribution in [0.3, 0.4) is 0 Å². The van der Waals surface area contributed by atoms with Gasteiger partial charge >= 0.3 is 0 Å². The van der Waals surface area contributed by atoms with Gasteiger partial charge in [-0.15, -0.1) is 0 Å². The van der Waals surface area contributed by atoms with Crippen LogP contribution in [0, 0.1) is 5.92 Å². The van der Waals surface area contributed by atoms with Gasteiger partial charge in [0.15, 0.2) is 6.61 Å². The number of amides is 1. The van der Waals surface area contributed by atoms with Crippen LogP contribution in [0.25, 0.3) is 0 Å². The Labute approximate surface area is 173 Å². The number of ether oxygens (including phenoxy) is 1. The molecule has 0 aromatic heterocycles. The van der Waals surface area contributed by atoms with Crippen molar-refractivity contribution < 1.29 is 9.53 Å². The van der Waals surface area contributed by atoms with E-state index in [2.05, 4.69) is 17.0 Å². The predicted molar refractivity (Wildman–Crippen MR) is 114 cm³/mol. The number of hydrogen-bond donors (Lipinski definition) is 0. The fraction of sp³-hybridized carbons (Fsp3) is 0.435. The number of carbonyl (C=O) groups excluding carboxylic acids is 1. The van der Waals surface area contributed by atoms with Crippen LogP contribution < -0.4 is 4.74 Å². The van der Waals surface area contributed by atoms with E-state index in [1.807, 2.05) is 54.4 Å². The Kier molecular flexibility index (Phi) is 7.75. The minimum Gasteiger partial charge on any atom is -0.484 e. The van der Waals surface area contributed by atoms with Gasteiger partial charge in [0.05, 0.1) is 0 Å². The minimum atomic E-state index is 0.0361. The Morgan fingerprint density at radius 2 is 1.79 bits per heavy atom. The van der Waals surface area contributed by atoms with Crippen LogP contribution in [0.1, 0.15) is 18.4 Å². The standard InChI is InChI=1S/C23H29ClN2O2/c1-25(23(27)18-28-22-5-3-2-4-6-22)17-20-12-15-26(16-13-20)14-11-19-7-9-21(24)10-8-19/h2-10,20H,11-18H2,1H3. The van der Waals surface area contributed by atoms with Gasteiger partial charge in [-0.05, 0) is 68.1 Å². The SMILES string of the molecule is CN(CC1CCN(CCc2ccc(Cl)cc2)CC1)C(=O)COc1ccccc1. The van der Waals surface area contributed by atoms with Gasteiger partial charge in [0, 0.05) is 25.2 Å². The van der Waals surface area contributed by atoms with E-state index < -0.39 is 0 Å². The maximum absolute atomic E-state index is 12.3. The lowest BCUT2D eigenvalue weighted by Crippen LogP contribution is -2.41. The van der Waals surface area contributed by atoms with Crippen LogP contribution in [-0.4, -0.2) is 55.5 Å². The average molecular weight is 401 g/mol. The zero-order valence-corrected chi connectivity index (χ0v) is 17.3. The third-order valence-electron chi connectivity index (χ3n) is 5.40. The summed E-state index contributed by atoms with van der Waals surface area (Å²) in [5.41, 5.74) is 1.33. The predicted octanol–water partition coefficient (Wildman–Crippen LogP) is 4.13. The van der Waals surface area contributed by atoms with Crippen molar-refractivity contribution in [3.05, 3.63) is 65.2 Å². The van der Waals surface area contributed by atoms with E-state index in [0.717, 1.165) is 56.2 Å². The highest BCUT2D eigenvalue weighted by Crippen LogP contribution is 2.19. The Hall–Kier alpha value is -2.04. The number of piperidine rings is 1. The second-order valence-electron chi connectivity index (χ2n) is 7.54. The van der Waals surface area contributed by atoms with Crippen molar-refractivity contribution in [2.24, 2.45) is 5.92 Å². The fourth-order valence-corrected chi connectivity index (χ4v) is 3.72. The molecule has 2 aromatic rings. The van der Waals surface area contributed by atoms with Crippen molar-refractivity contribution >= 4 is 17.5 Å². The highest BCUT2D eigenvalue weighted by Gasteiger charge is 2.22. The van der Waals surface area contributed by atoms with Gasteiger partial charge in [0.25, 0.3) is 5.91 Å². The van der Waals surface area contributed by atoms with E-state index in [1.165, 1.54) is 5.56 Å². The van der Waals surface area contributed by atoms with E-state index in [0.29, 0.717) is 5.92 Å². The summed E-state index contributed by atoms with van der Waals surface area (Å²) in [6.07, 6.45) is 3.33. The molecule has 5 heteroatoms. The molecule has 1 saturated heterocycles. The number of nitrogens with zero attached hydrogens (tertiary/aromatic N) is 2. The van der Waals surface area contributed by atoms with Crippen molar-refractivity contribution in [3.8, 4) is 5.75 Å². The molecule has 3 rings (SSSR count). The zero-order chi connectivity index (χ0) is 19.8. The Bertz CT molecular complexity index is 728. The first kappa shape index (κ1) is 20.7. The number of para-hydroxylation sites is 1. The van der Waals surface area contributed by atoms with Crippen LogP contribution in [0.4, 0.5) is 0 Å². The van der Waals surface area contributed by atoms with E-state index in [-0.39, 0.29) is 12.5 Å². The molecule has 0 atom stereocenters. The number of likely N-dealkylation sites (N-methyl/N-ethyl adjacent to an activating group) is 1. The van der Waals surface area contributed by atoms with Crippen LogP contribution in [-0.2, 0) is 11.2 Å². The van der Waals surface area contributed by atoms with Crippen molar-refractivity contribution in [1.82, 2.24) is 9.80 Å². The van der Waals surface area contributed by atoms with E-state index in [4.69, 9.17) is 16.3 Å². The van der Waals surface area contributed by atoms with Crippen LogP contribution >= 0.6 is 11.6 Å². The molecule has 1 heterocycles. The second-order valence-corrected chi connectivity index (χ2v) is 7.97. The molecular formula is C23H29ClN2O2. The first-order valence-electron chi connectivity index (χ1n) is 9.99. The molecule has 1 amide bonds. The molecule has 150 valence electrons. The molecule has 1 aliphatic rings. The van der Waals surface area contributed by atoms with Crippen LogP contribution in [0.2, 0.25) is 5.02 Å². The summed E-state index contributed by atoms with van der Waals surface area (Å²) in [5, 5.41) is 0.789. The molecule has 0 bridgehead atoms. The third kappa shape index (κ3) is 6.54. The maximum Gasteiger partial charge on any atom is 0.260 e. The van der Waals surface area contributed by atoms with Gasteiger partial charge in [-0.25, -0.2) is 0 Å². The summed E-state index contributed by atoms with van der Waals surface area (Å²) >= 11 is 5.94. The van der Waals surface area contributed by atoms with E-state index in [1.54, 1.807) is 0 Å². The molecule has 0 radical (unpaired) electrons. The molecule has 2 aromatic carbocycles. The van der Waals surface area contributed by atoms with E-state index >= 15 is 0 Å². The van der Waals surface area contributed by atoms with Crippen molar-refractivity contribution in [1.29, 1.82) is 0 Å². The largest absolute Gasteiger partial charge is 0.484 e. The highest BCUT2D eigenvalue weighted by molar-refractivity contribution is 6.30. The normalized spacial score (nSPS) is 15.4. The number of halogens is 1. The third-order valence-corrected chi connectivity index (χ3v) is 5.65.